The van der Waals surface area contributed by atoms with Gasteiger partial charge >= 0.3 is 0 Å². The van der Waals surface area contributed by atoms with Gasteiger partial charge in [-0.3, -0.25) is 4.90 Å². The molecule has 14 heavy (non-hydrogen) atoms. The number of rotatable bonds is 3. The van der Waals surface area contributed by atoms with Gasteiger partial charge in [-0.05, 0) is 39.3 Å². The van der Waals surface area contributed by atoms with Crippen molar-refractivity contribution in [3.05, 3.63) is 0 Å². The molecule has 0 unspecified atom stereocenters. The number of hydrogen-bond acceptors (Lipinski definition) is 3. The highest BCUT2D eigenvalue weighted by atomic mass is 16.4. The maximum atomic E-state index is 8.40. The van der Waals surface area contributed by atoms with Crippen LogP contribution in [0.1, 0.15) is 32.6 Å². The smallest absolute Gasteiger partial charge is 0.0601 e. The van der Waals surface area contributed by atoms with Gasteiger partial charge in [-0.2, -0.15) is 0 Å². The van der Waals surface area contributed by atoms with E-state index in [2.05, 4.69) is 21.9 Å². The minimum absolute atomic E-state index is 0.750. The first-order chi connectivity index (χ1) is 6.83. The van der Waals surface area contributed by atoms with E-state index in [0.29, 0.717) is 0 Å². The third-order valence-electron chi connectivity index (χ3n) is 2.41. The van der Waals surface area contributed by atoms with Crippen LogP contribution in [0, 0.1) is 11.8 Å². The quantitative estimate of drug-likeness (QED) is 0.321. The number of hydrogen-bond donors (Lipinski definition) is 1. The minimum Gasteiger partial charge on any atom is -0.411 e. The van der Waals surface area contributed by atoms with Gasteiger partial charge in [0.15, 0.2) is 0 Å². The van der Waals surface area contributed by atoms with E-state index in [1.165, 1.54) is 25.9 Å². The molecule has 0 atom stereocenters. The number of nitrogens with zero attached hydrogens (tertiary/aromatic N) is 2. The SMILES string of the molecule is C/C(CCC#CCN1CCCC1)=N\O. The van der Waals surface area contributed by atoms with Crippen LogP contribution >= 0.6 is 0 Å². The zero-order valence-corrected chi connectivity index (χ0v) is 8.79. The Kier molecular flexibility index (Phi) is 5.09. The summed E-state index contributed by atoms with van der Waals surface area (Å²) in [6, 6.07) is 0. The second-order valence-corrected chi connectivity index (χ2v) is 3.67. The molecule has 0 saturated carbocycles. The Morgan fingerprint density at radius 3 is 2.71 bits per heavy atom. The van der Waals surface area contributed by atoms with E-state index in [-0.39, 0.29) is 0 Å². The molecule has 3 nitrogen and oxygen atoms in total. The van der Waals surface area contributed by atoms with Gasteiger partial charge in [0, 0.05) is 6.42 Å². The predicted molar refractivity (Wildman–Crippen MR) is 57.6 cm³/mol. The second-order valence-electron chi connectivity index (χ2n) is 3.67. The fraction of sp³-hybridized carbons (Fsp3) is 0.727. The summed E-state index contributed by atoms with van der Waals surface area (Å²) in [6.45, 7) is 5.11. The fourth-order valence-corrected chi connectivity index (χ4v) is 1.49. The summed E-state index contributed by atoms with van der Waals surface area (Å²) in [4.78, 5) is 2.37. The molecule has 1 aliphatic heterocycles. The van der Waals surface area contributed by atoms with Crippen LogP contribution in [-0.2, 0) is 0 Å². The molecule has 78 valence electrons. The van der Waals surface area contributed by atoms with Crippen molar-refractivity contribution in [3.8, 4) is 11.8 Å². The van der Waals surface area contributed by atoms with Crippen molar-refractivity contribution in [1.29, 1.82) is 0 Å². The first-order valence-electron chi connectivity index (χ1n) is 5.18. The largest absolute Gasteiger partial charge is 0.411 e. The Labute approximate surface area is 85.8 Å². The second kappa shape index (κ2) is 6.44. The van der Waals surface area contributed by atoms with E-state index in [0.717, 1.165) is 25.1 Å². The van der Waals surface area contributed by atoms with Gasteiger partial charge in [-0.15, -0.1) is 5.92 Å². The Bertz CT molecular complexity index is 244. The molecule has 0 aromatic carbocycles. The van der Waals surface area contributed by atoms with Crippen LogP contribution < -0.4 is 0 Å². The van der Waals surface area contributed by atoms with E-state index in [1.807, 2.05) is 6.92 Å². The topological polar surface area (TPSA) is 35.8 Å². The lowest BCUT2D eigenvalue weighted by molar-refractivity contribution is 0.317. The standard InChI is InChI=1S/C11H18N2O/c1-11(12-14)7-3-2-4-8-13-9-5-6-10-13/h14H,3,5-10H2,1H3/b12-11+. The highest BCUT2D eigenvalue weighted by Crippen LogP contribution is 2.05. The van der Waals surface area contributed by atoms with Crippen molar-refractivity contribution in [2.45, 2.75) is 32.6 Å². The molecule has 1 heterocycles. The predicted octanol–water partition coefficient (Wildman–Crippen LogP) is 1.72. The van der Waals surface area contributed by atoms with Crippen LogP contribution in [0.5, 0.6) is 0 Å². The van der Waals surface area contributed by atoms with E-state index < -0.39 is 0 Å². The Hall–Kier alpha value is -1.01. The fourth-order valence-electron chi connectivity index (χ4n) is 1.49. The molecule has 3 heteroatoms. The van der Waals surface area contributed by atoms with Crippen LogP contribution in [0.2, 0.25) is 0 Å². The van der Waals surface area contributed by atoms with Crippen LogP contribution in [0.15, 0.2) is 5.16 Å². The summed E-state index contributed by atoms with van der Waals surface area (Å²) >= 11 is 0. The maximum absolute atomic E-state index is 8.40. The highest BCUT2D eigenvalue weighted by Gasteiger charge is 2.08. The van der Waals surface area contributed by atoms with E-state index in [4.69, 9.17) is 5.21 Å². The van der Waals surface area contributed by atoms with Crippen molar-refractivity contribution in [2.24, 2.45) is 5.16 Å². The minimum atomic E-state index is 0.750. The third kappa shape index (κ3) is 4.29. The average Bonchev–Trinajstić information content (AvgIpc) is 2.69. The van der Waals surface area contributed by atoms with Crippen molar-refractivity contribution in [1.82, 2.24) is 4.90 Å². The summed E-state index contributed by atoms with van der Waals surface area (Å²) in [7, 11) is 0. The summed E-state index contributed by atoms with van der Waals surface area (Å²) in [6.07, 6.45) is 4.20. The van der Waals surface area contributed by atoms with E-state index in [1.54, 1.807) is 0 Å². The van der Waals surface area contributed by atoms with Gasteiger partial charge in [0.25, 0.3) is 0 Å². The molecule has 1 rings (SSSR count). The van der Waals surface area contributed by atoms with Crippen LogP contribution in [0.25, 0.3) is 0 Å². The molecule has 0 aliphatic carbocycles. The summed E-state index contributed by atoms with van der Waals surface area (Å²) in [5, 5.41) is 11.5. The molecule has 0 aromatic rings. The maximum Gasteiger partial charge on any atom is 0.0601 e. The zero-order valence-electron chi connectivity index (χ0n) is 8.79. The molecule has 1 fully saturated rings. The zero-order chi connectivity index (χ0) is 10.2. The van der Waals surface area contributed by atoms with E-state index in [9.17, 15) is 0 Å². The molecule has 0 aromatic heterocycles. The molecule has 1 N–H and O–H groups in total. The number of oxime groups is 1. The molecule has 0 radical (unpaired) electrons. The van der Waals surface area contributed by atoms with E-state index >= 15 is 0 Å². The molecule has 0 amide bonds. The summed E-state index contributed by atoms with van der Waals surface area (Å²) in [5.41, 5.74) is 0.750. The lowest BCUT2D eigenvalue weighted by Gasteiger charge is -2.08. The van der Waals surface area contributed by atoms with Gasteiger partial charge in [0.2, 0.25) is 0 Å². The van der Waals surface area contributed by atoms with Crippen LogP contribution in [-0.4, -0.2) is 35.5 Å². The van der Waals surface area contributed by atoms with Crippen molar-refractivity contribution in [3.63, 3.8) is 0 Å². The summed E-state index contributed by atoms with van der Waals surface area (Å²) in [5.74, 6) is 6.24. The van der Waals surface area contributed by atoms with Crippen molar-refractivity contribution in [2.75, 3.05) is 19.6 Å². The van der Waals surface area contributed by atoms with Gasteiger partial charge in [0.05, 0.1) is 12.3 Å². The lowest BCUT2D eigenvalue weighted by atomic mass is 10.2. The summed E-state index contributed by atoms with van der Waals surface area (Å²) < 4.78 is 0. The van der Waals surface area contributed by atoms with Crippen molar-refractivity contribution < 1.29 is 5.21 Å². The Morgan fingerprint density at radius 1 is 1.36 bits per heavy atom. The first kappa shape index (κ1) is 11.1. The Balaban J connectivity index is 2.08. The molecule has 0 bridgehead atoms. The lowest BCUT2D eigenvalue weighted by Crippen LogP contribution is -2.18. The van der Waals surface area contributed by atoms with Gasteiger partial charge in [-0.1, -0.05) is 11.1 Å². The average molecular weight is 194 g/mol. The first-order valence-corrected chi connectivity index (χ1v) is 5.18. The molecule has 1 aliphatic rings. The Morgan fingerprint density at radius 2 is 2.07 bits per heavy atom. The van der Waals surface area contributed by atoms with Gasteiger partial charge in [0.1, 0.15) is 0 Å². The normalized spacial score (nSPS) is 17.9. The molecule has 0 spiro atoms. The highest BCUT2D eigenvalue weighted by molar-refractivity contribution is 5.81. The molecular weight excluding hydrogens is 176 g/mol. The molecule has 1 saturated heterocycles. The van der Waals surface area contributed by atoms with Gasteiger partial charge in [-0.25, -0.2) is 0 Å². The van der Waals surface area contributed by atoms with Crippen molar-refractivity contribution >= 4 is 5.71 Å². The monoisotopic (exact) mass is 194 g/mol. The van der Waals surface area contributed by atoms with Crippen LogP contribution in [0.4, 0.5) is 0 Å². The third-order valence-corrected chi connectivity index (χ3v) is 2.41. The van der Waals surface area contributed by atoms with Gasteiger partial charge < -0.3 is 5.21 Å². The molecular formula is C11H18N2O. The number of likely N-dealkylation sites (tertiary alicyclic amines) is 1. The van der Waals surface area contributed by atoms with Crippen LogP contribution in [0.3, 0.4) is 0 Å².